The molecule has 0 unspecified atom stereocenters. The van der Waals surface area contributed by atoms with Crippen LogP contribution in [0.2, 0.25) is 0 Å². The summed E-state index contributed by atoms with van der Waals surface area (Å²) in [6, 6.07) is 14.6. The second-order valence-electron chi connectivity index (χ2n) is 8.65. The van der Waals surface area contributed by atoms with Gasteiger partial charge in [-0.15, -0.1) is 0 Å². The van der Waals surface area contributed by atoms with Crippen molar-refractivity contribution in [3.63, 3.8) is 0 Å². The Kier molecular flexibility index (Phi) is 5.43. The van der Waals surface area contributed by atoms with Crippen LogP contribution < -0.4 is 0 Å². The van der Waals surface area contributed by atoms with E-state index in [0.717, 1.165) is 17.0 Å². The standard InChI is InChI=1S/C25H31F/c1-18-7-9-21(10-8-18)23-15-16-24(25(26)17-23)22-13-11-20(12-14-22)19-5-3-2-4-6-19/h11-19,21H,2-10H2,1H3. The van der Waals surface area contributed by atoms with E-state index in [4.69, 9.17) is 0 Å². The largest absolute Gasteiger partial charge is 0.206 e. The fourth-order valence-corrected chi connectivity index (χ4v) is 4.98. The van der Waals surface area contributed by atoms with Crippen LogP contribution in [0.4, 0.5) is 4.39 Å². The summed E-state index contributed by atoms with van der Waals surface area (Å²) in [4.78, 5) is 0. The average Bonchev–Trinajstić information content (AvgIpc) is 2.69. The van der Waals surface area contributed by atoms with E-state index in [0.29, 0.717) is 11.8 Å². The van der Waals surface area contributed by atoms with E-state index in [-0.39, 0.29) is 5.82 Å². The van der Waals surface area contributed by atoms with Crippen LogP contribution >= 0.6 is 0 Å². The third kappa shape index (κ3) is 3.87. The van der Waals surface area contributed by atoms with Gasteiger partial charge >= 0.3 is 0 Å². The third-order valence-electron chi connectivity index (χ3n) is 6.78. The van der Waals surface area contributed by atoms with Gasteiger partial charge in [-0.1, -0.05) is 75.4 Å². The molecule has 26 heavy (non-hydrogen) atoms. The predicted molar refractivity (Wildman–Crippen MR) is 108 cm³/mol. The smallest absolute Gasteiger partial charge is 0.131 e. The highest BCUT2D eigenvalue weighted by Gasteiger charge is 2.21. The molecule has 0 nitrogen and oxygen atoms in total. The Morgan fingerprint density at radius 3 is 1.96 bits per heavy atom. The van der Waals surface area contributed by atoms with E-state index in [1.165, 1.54) is 68.9 Å². The first-order valence-corrected chi connectivity index (χ1v) is 10.6. The molecule has 1 heteroatoms. The van der Waals surface area contributed by atoms with Crippen molar-refractivity contribution in [1.29, 1.82) is 0 Å². The van der Waals surface area contributed by atoms with Crippen LogP contribution in [0.3, 0.4) is 0 Å². The predicted octanol–water partition coefficient (Wildman–Crippen LogP) is 7.83. The number of hydrogen-bond donors (Lipinski definition) is 0. The molecule has 2 aromatic carbocycles. The molecule has 0 amide bonds. The zero-order valence-corrected chi connectivity index (χ0v) is 16.0. The van der Waals surface area contributed by atoms with Gasteiger partial charge in [0.1, 0.15) is 5.82 Å². The van der Waals surface area contributed by atoms with Gasteiger partial charge in [0.2, 0.25) is 0 Å². The van der Waals surface area contributed by atoms with Crippen molar-refractivity contribution in [3.05, 3.63) is 59.4 Å². The Morgan fingerprint density at radius 1 is 0.692 bits per heavy atom. The monoisotopic (exact) mass is 350 g/mol. The van der Waals surface area contributed by atoms with Gasteiger partial charge in [0.05, 0.1) is 0 Å². The van der Waals surface area contributed by atoms with Crippen molar-refractivity contribution in [1.82, 2.24) is 0 Å². The Labute approximate surface area is 157 Å². The maximum atomic E-state index is 14.8. The SMILES string of the molecule is CC1CCC(c2ccc(-c3ccc(C4CCCCC4)cc3)c(F)c2)CC1. The van der Waals surface area contributed by atoms with Crippen LogP contribution in [0.5, 0.6) is 0 Å². The zero-order valence-electron chi connectivity index (χ0n) is 16.0. The molecular formula is C25H31F. The molecule has 0 atom stereocenters. The minimum Gasteiger partial charge on any atom is -0.206 e. The Morgan fingerprint density at radius 2 is 1.31 bits per heavy atom. The lowest BCUT2D eigenvalue weighted by molar-refractivity contribution is 0.347. The second kappa shape index (κ2) is 7.94. The summed E-state index contributed by atoms with van der Waals surface area (Å²) in [5, 5.41) is 0. The van der Waals surface area contributed by atoms with Crippen molar-refractivity contribution in [3.8, 4) is 11.1 Å². The van der Waals surface area contributed by atoms with Crippen LogP contribution in [0.25, 0.3) is 11.1 Å². The minimum atomic E-state index is -0.0634. The van der Waals surface area contributed by atoms with Crippen molar-refractivity contribution in [2.75, 3.05) is 0 Å². The van der Waals surface area contributed by atoms with Gasteiger partial charge in [0.15, 0.2) is 0 Å². The van der Waals surface area contributed by atoms with Gasteiger partial charge in [0, 0.05) is 5.56 Å². The van der Waals surface area contributed by atoms with Gasteiger partial charge in [-0.3, -0.25) is 0 Å². The molecule has 2 aliphatic carbocycles. The van der Waals surface area contributed by atoms with E-state index in [1.807, 2.05) is 6.07 Å². The van der Waals surface area contributed by atoms with Crippen molar-refractivity contribution in [2.24, 2.45) is 5.92 Å². The van der Waals surface area contributed by atoms with E-state index in [9.17, 15) is 4.39 Å². The maximum Gasteiger partial charge on any atom is 0.131 e. The summed E-state index contributed by atoms with van der Waals surface area (Å²) in [5.41, 5.74) is 4.37. The van der Waals surface area contributed by atoms with Crippen LogP contribution in [0.15, 0.2) is 42.5 Å². The highest BCUT2D eigenvalue weighted by molar-refractivity contribution is 5.65. The van der Waals surface area contributed by atoms with Crippen molar-refractivity contribution < 1.29 is 4.39 Å². The topological polar surface area (TPSA) is 0 Å². The Hall–Kier alpha value is -1.63. The molecule has 2 aromatic rings. The molecule has 2 aliphatic rings. The van der Waals surface area contributed by atoms with Gasteiger partial charge in [-0.05, 0) is 66.2 Å². The van der Waals surface area contributed by atoms with Crippen LogP contribution in [-0.2, 0) is 0 Å². The Bertz CT molecular complexity index is 716. The molecule has 0 bridgehead atoms. The molecule has 0 spiro atoms. The lowest BCUT2D eigenvalue weighted by Crippen LogP contribution is -2.11. The first-order valence-electron chi connectivity index (χ1n) is 10.6. The van der Waals surface area contributed by atoms with Crippen molar-refractivity contribution in [2.45, 2.75) is 76.5 Å². The Balaban J connectivity index is 1.50. The number of rotatable bonds is 3. The molecule has 0 radical (unpaired) electrons. The van der Waals surface area contributed by atoms with E-state index >= 15 is 0 Å². The summed E-state index contributed by atoms with van der Waals surface area (Å²) in [5.74, 6) is 2.02. The van der Waals surface area contributed by atoms with E-state index in [1.54, 1.807) is 6.07 Å². The van der Waals surface area contributed by atoms with Crippen LogP contribution in [0, 0.1) is 11.7 Å². The molecule has 4 rings (SSSR count). The van der Waals surface area contributed by atoms with Crippen LogP contribution in [0.1, 0.15) is 87.7 Å². The fraction of sp³-hybridized carbons (Fsp3) is 0.520. The zero-order chi connectivity index (χ0) is 17.9. The summed E-state index contributed by atoms with van der Waals surface area (Å²) < 4.78 is 14.8. The summed E-state index contributed by atoms with van der Waals surface area (Å²) in [6.07, 6.45) is 11.7. The first kappa shape index (κ1) is 17.8. The molecular weight excluding hydrogens is 319 g/mol. The molecule has 0 N–H and O–H groups in total. The maximum absolute atomic E-state index is 14.8. The molecule has 0 saturated heterocycles. The van der Waals surface area contributed by atoms with Crippen molar-refractivity contribution >= 4 is 0 Å². The lowest BCUT2D eigenvalue weighted by Gasteiger charge is -2.26. The van der Waals surface area contributed by atoms with Gasteiger partial charge in [-0.2, -0.15) is 0 Å². The quantitative estimate of drug-likeness (QED) is 0.529. The van der Waals surface area contributed by atoms with Crippen LogP contribution in [-0.4, -0.2) is 0 Å². The van der Waals surface area contributed by atoms with Gasteiger partial charge < -0.3 is 0 Å². The second-order valence-corrected chi connectivity index (χ2v) is 8.65. The number of benzene rings is 2. The highest BCUT2D eigenvalue weighted by atomic mass is 19.1. The normalized spacial score (nSPS) is 24.5. The summed E-state index contributed by atoms with van der Waals surface area (Å²) in [7, 11) is 0. The number of halogens is 1. The molecule has 0 aromatic heterocycles. The molecule has 2 saturated carbocycles. The first-order chi connectivity index (χ1) is 12.7. The average molecular weight is 351 g/mol. The number of hydrogen-bond acceptors (Lipinski definition) is 0. The molecule has 2 fully saturated rings. The third-order valence-corrected chi connectivity index (χ3v) is 6.78. The highest BCUT2D eigenvalue weighted by Crippen LogP contribution is 2.37. The molecule has 0 aliphatic heterocycles. The fourth-order valence-electron chi connectivity index (χ4n) is 4.98. The van der Waals surface area contributed by atoms with Gasteiger partial charge in [0.25, 0.3) is 0 Å². The molecule has 138 valence electrons. The summed E-state index contributed by atoms with van der Waals surface area (Å²) in [6.45, 7) is 2.33. The lowest BCUT2D eigenvalue weighted by atomic mass is 9.79. The van der Waals surface area contributed by atoms with E-state index in [2.05, 4.69) is 37.3 Å². The minimum absolute atomic E-state index is 0.0634. The van der Waals surface area contributed by atoms with Gasteiger partial charge in [-0.25, -0.2) is 4.39 Å². The van der Waals surface area contributed by atoms with E-state index < -0.39 is 0 Å². The molecule has 0 heterocycles. The summed E-state index contributed by atoms with van der Waals surface area (Å²) >= 11 is 0.